The number of carbonyl (C=O) groups is 4. The summed E-state index contributed by atoms with van der Waals surface area (Å²) in [6, 6.07) is 1.64. The predicted molar refractivity (Wildman–Crippen MR) is 120 cm³/mol. The molecule has 1 aliphatic heterocycles. The van der Waals surface area contributed by atoms with Crippen LogP contribution in [0.25, 0.3) is 0 Å². The highest BCUT2D eigenvalue weighted by Crippen LogP contribution is 2.30. The van der Waals surface area contributed by atoms with Gasteiger partial charge in [0.2, 0.25) is 18.3 Å². The molecule has 1 aliphatic rings. The summed E-state index contributed by atoms with van der Waals surface area (Å²) < 4.78 is 34.3. The highest BCUT2D eigenvalue weighted by Gasteiger charge is 2.53. The van der Waals surface area contributed by atoms with Crippen molar-refractivity contribution in [3.05, 3.63) is 12.3 Å². The minimum atomic E-state index is -1.31. The Bertz CT molecular complexity index is 847. The van der Waals surface area contributed by atoms with E-state index in [-0.39, 0.29) is 43.3 Å². The number of nitrogens with zero attached hydrogens (tertiary/aromatic N) is 2. The van der Waals surface area contributed by atoms with Crippen LogP contribution in [0.2, 0.25) is 0 Å². The second-order valence-electron chi connectivity index (χ2n) is 7.41. The van der Waals surface area contributed by atoms with Crippen LogP contribution < -0.4 is 4.74 Å². The zero-order chi connectivity index (χ0) is 24.0. The van der Waals surface area contributed by atoms with Gasteiger partial charge in [-0.1, -0.05) is 0 Å². The van der Waals surface area contributed by atoms with Gasteiger partial charge in [-0.2, -0.15) is 0 Å². The molecule has 1 saturated heterocycles. The molecular formula is C20H30Cl2N2O10. The average Bonchev–Trinajstić information content (AvgIpc) is 3.13. The molecular weight excluding hydrogens is 499 g/mol. The highest BCUT2D eigenvalue weighted by molar-refractivity contribution is 5.85. The summed E-state index contributed by atoms with van der Waals surface area (Å²) in [5.74, 6) is -2.59. The molecule has 2 rings (SSSR count). The first-order valence-electron chi connectivity index (χ1n) is 10.00. The van der Waals surface area contributed by atoms with Gasteiger partial charge in [0.1, 0.15) is 12.7 Å². The number of esters is 4. The van der Waals surface area contributed by atoms with Gasteiger partial charge in [-0.3, -0.25) is 23.9 Å². The number of hydrogen-bond donors (Lipinski definition) is 0. The maximum Gasteiger partial charge on any atom is 0.303 e. The van der Waals surface area contributed by atoms with Crippen LogP contribution >= 0.6 is 24.8 Å². The summed E-state index contributed by atoms with van der Waals surface area (Å²) in [4.78, 5) is 46.7. The van der Waals surface area contributed by atoms with Gasteiger partial charge in [-0.15, -0.1) is 29.9 Å². The lowest BCUT2D eigenvalue weighted by molar-refractivity contribution is -0.289. The number of carbonyl (C=O) groups excluding carboxylic acids is 4. The van der Waals surface area contributed by atoms with Crippen LogP contribution in [0.1, 0.15) is 47.6 Å². The molecule has 5 atom stereocenters. The average molecular weight is 529 g/mol. The molecule has 1 aromatic rings. The molecule has 0 unspecified atom stereocenters. The fourth-order valence-electron chi connectivity index (χ4n) is 3.07. The van der Waals surface area contributed by atoms with E-state index in [1.165, 1.54) is 6.92 Å². The van der Waals surface area contributed by atoms with E-state index < -0.39 is 54.6 Å². The third-order valence-electron chi connectivity index (χ3n) is 4.30. The van der Waals surface area contributed by atoms with E-state index in [1.807, 2.05) is 13.8 Å². The lowest BCUT2D eigenvalue weighted by Gasteiger charge is -2.43. The topological polar surface area (TPSA) is 141 Å². The van der Waals surface area contributed by atoms with E-state index >= 15 is 0 Å². The van der Waals surface area contributed by atoms with Gasteiger partial charge < -0.3 is 28.4 Å². The van der Waals surface area contributed by atoms with E-state index in [0.29, 0.717) is 0 Å². The van der Waals surface area contributed by atoms with Crippen LogP contribution in [0.5, 0.6) is 5.88 Å². The van der Waals surface area contributed by atoms with Gasteiger partial charge in [-0.05, 0) is 13.8 Å². The third kappa shape index (κ3) is 8.99. The van der Waals surface area contributed by atoms with Crippen molar-refractivity contribution in [2.45, 2.75) is 78.3 Å². The molecule has 0 saturated carbocycles. The molecule has 34 heavy (non-hydrogen) atoms. The van der Waals surface area contributed by atoms with Crippen LogP contribution in [0.4, 0.5) is 0 Å². The van der Waals surface area contributed by atoms with Gasteiger partial charge >= 0.3 is 23.9 Å². The second-order valence-corrected chi connectivity index (χ2v) is 7.41. The van der Waals surface area contributed by atoms with Crippen molar-refractivity contribution in [1.29, 1.82) is 0 Å². The smallest absolute Gasteiger partial charge is 0.303 e. The number of rotatable bonds is 8. The maximum atomic E-state index is 11.8. The van der Waals surface area contributed by atoms with Gasteiger partial charge in [0.25, 0.3) is 0 Å². The van der Waals surface area contributed by atoms with E-state index in [0.717, 1.165) is 20.8 Å². The summed E-state index contributed by atoms with van der Waals surface area (Å²) in [7, 11) is 0. The summed E-state index contributed by atoms with van der Waals surface area (Å²) in [6.45, 7) is 8.15. The lowest BCUT2D eigenvalue weighted by Crippen LogP contribution is -2.63. The Hall–Kier alpha value is -2.57. The van der Waals surface area contributed by atoms with Gasteiger partial charge in [-0.25, -0.2) is 0 Å². The molecule has 0 aromatic carbocycles. The standard InChI is InChI=1S/C20H28N2O10.2ClH/c1-10(2)22-8-7-16(21-22)32-20-19(30-14(6)26)18(29-13(5)25)17(28-12(4)24)15(31-20)9-27-11(3)23;;/h7-8,10,15,17-20H,9H2,1-6H3;2*1H/t15-,17-,18+,19-,20+;;/m1../s1. The monoisotopic (exact) mass is 528 g/mol. The first-order valence-corrected chi connectivity index (χ1v) is 10.00. The minimum absolute atomic E-state index is 0. The Kier molecular flexibility index (Phi) is 12.9. The van der Waals surface area contributed by atoms with Gasteiger partial charge in [0.05, 0.1) is 0 Å². The molecule has 0 amide bonds. The van der Waals surface area contributed by atoms with Gasteiger partial charge in [0, 0.05) is 46.0 Å². The van der Waals surface area contributed by atoms with Crippen LogP contribution in [0.3, 0.4) is 0 Å². The van der Waals surface area contributed by atoms with Crippen LogP contribution in [0.15, 0.2) is 12.3 Å². The molecule has 0 N–H and O–H groups in total. The first-order chi connectivity index (χ1) is 15.0. The Labute approximate surface area is 209 Å². The fourth-order valence-corrected chi connectivity index (χ4v) is 3.07. The predicted octanol–water partition coefficient (Wildman–Crippen LogP) is 1.77. The first kappa shape index (κ1) is 31.4. The normalized spacial score (nSPS) is 23.6. The van der Waals surface area contributed by atoms with E-state index in [2.05, 4.69) is 5.10 Å². The van der Waals surface area contributed by atoms with E-state index in [4.69, 9.17) is 28.4 Å². The van der Waals surface area contributed by atoms with Gasteiger partial charge in [0.15, 0.2) is 12.2 Å². The molecule has 0 radical (unpaired) electrons. The largest absolute Gasteiger partial charge is 0.463 e. The molecule has 12 nitrogen and oxygen atoms in total. The Morgan fingerprint density at radius 3 is 1.91 bits per heavy atom. The number of ether oxygens (including phenoxy) is 6. The third-order valence-corrected chi connectivity index (χ3v) is 4.30. The fraction of sp³-hybridized carbons (Fsp3) is 0.650. The SMILES string of the molecule is CC(=O)OC[C@H]1O[C@@H](Oc2ccn(C(C)C)n2)[C@H](OC(C)=O)[C@@H](OC(C)=O)[C@@H]1OC(C)=O.Cl.Cl. The van der Waals surface area contributed by atoms with Crippen LogP contribution in [-0.4, -0.2) is 71.0 Å². The highest BCUT2D eigenvalue weighted by atomic mass is 35.5. The summed E-state index contributed by atoms with van der Waals surface area (Å²) in [5.41, 5.74) is 0. The van der Waals surface area contributed by atoms with Crippen molar-refractivity contribution >= 4 is 48.7 Å². The van der Waals surface area contributed by atoms with Crippen molar-refractivity contribution < 1.29 is 47.6 Å². The second kappa shape index (κ2) is 14.0. The van der Waals surface area contributed by atoms with Crippen molar-refractivity contribution in [3.63, 3.8) is 0 Å². The lowest BCUT2D eigenvalue weighted by atomic mass is 9.98. The molecule has 1 fully saturated rings. The summed E-state index contributed by atoms with van der Waals surface area (Å²) in [5, 5.41) is 4.27. The number of hydrogen-bond acceptors (Lipinski definition) is 11. The summed E-state index contributed by atoms with van der Waals surface area (Å²) in [6.07, 6.45) is -4.56. The van der Waals surface area contributed by atoms with Crippen molar-refractivity contribution in [2.75, 3.05) is 6.61 Å². The van der Waals surface area contributed by atoms with Crippen LogP contribution in [0, 0.1) is 0 Å². The van der Waals surface area contributed by atoms with Crippen molar-refractivity contribution in [2.24, 2.45) is 0 Å². The van der Waals surface area contributed by atoms with E-state index in [9.17, 15) is 19.2 Å². The number of aromatic nitrogens is 2. The molecule has 2 heterocycles. The van der Waals surface area contributed by atoms with Crippen molar-refractivity contribution in [1.82, 2.24) is 9.78 Å². The molecule has 14 heteroatoms. The number of halogens is 2. The molecule has 0 aliphatic carbocycles. The van der Waals surface area contributed by atoms with Crippen LogP contribution in [-0.2, 0) is 42.9 Å². The Balaban J connectivity index is 0.00000544. The molecule has 194 valence electrons. The quantitative estimate of drug-likeness (QED) is 0.359. The Morgan fingerprint density at radius 2 is 1.44 bits per heavy atom. The van der Waals surface area contributed by atoms with Crippen molar-refractivity contribution in [3.8, 4) is 5.88 Å². The Morgan fingerprint density at radius 1 is 0.912 bits per heavy atom. The minimum Gasteiger partial charge on any atom is -0.463 e. The molecule has 0 bridgehead atoms. The maximum absolute atomic E-state index is 11.8. The summed E-state index contributed by atoms with van der Waals surface area (Å²) >= 11 is 0. The molecule has 0 spiro atoms. The van der Waals surface area contributed by atoms with E-state index in [1.54, 1.807) is 16.9 Å². The molecule has 1 aromatic heterocycles. The zero-order valence-electron chi connectivity index (χ0n) is 19.6. The zero-order valence-corrected chi connectivity index (χ0v) is 21.3.